The molecule has 0 bridgehead atoms. The number of carbonyl (C=O) groups is 1. The molecule has 0 aromatic rings. The highest BCUT2D eigenvalue weighted by molar-refractivity contribution is 6.70. The summed E-state index contributed by atoms with van der Waals surface area (Å²) in [4.78, 5) is 12.2. The third-order valence-corrected chi connectivity index (χ3v) is 14.6. The van der Waals surface area contributed by atoms with E-state index in [0.29, 0.717) is 6.42 Å². The third-order valence-electron chi connectivity index (χ3n) is 11.5. The van der Waals surface area contributed by atoms with Crippen molar-refractivity contribution in [3.8, 4) is 0 Å². The van der Waals surface area contributed by atoms with E-state index in [1.54, 1.807) is 0 Å². The molecule has 0 saturated carbocycles. The average molecular weight is 839 g/mol. The molecular weight excluding hydrogens is 749 g/mol. The van der Waals surface area contributed by atoms with Crippen LogP contribution in [0.4, 0.5) is 0 Å². The van der Waals surface area contributed by atoms with Gasteiger partial charge in [-0.15, -0.1) is 0 Å². The van der Waals surface area contributed by atoms with E-state index in [1.165, 1.54) is 96.3 Å². The van der Waals surface area contributed by atoms with Crippen LogP contribution in [0.5, 0.6) is 0 Å². The largest absolute Gasteiger partial charge is 0.455 e. The van der Waals surface area contributed by atoms with E-state index < -0.39 is 25.0 Å². The summed E-state index contributed by atoms with van der Waals surface area (Å²) in [6.07, 6.45) is 32.2. The summed E-state index contributed by atoms with van der Waals surface area (Å²) in [6, 6.07) is 0. The third kappa shape index (κ3) is 21.3. The van der Waals surface area contributed by atoms with E-state index in [9.17, 15) is 4.79 Å². The Kier molecular flexibility index (Phi) is 22.7. The Bertz CT molecular complexity index is 1110. The average Bonchev–Trinajstić information content (AvgIpc) is 3.70. The van der Waals surface area contributed by atoms with Gasteiger partial charge in [-0.1, -0.05) is 110 Å². The maximum atomic E-state index is 12.2. The van der Waals surface area contributed by atoms with Crippen molar-refractivity contribution in [1.29, 1.82) is 0 Å². The van der Waals surface area contributed by atoms with Crippen LogP contribution in [0.25, 0.3) is 0 Å². The van der Waals surface area contributed by atoms with Gasteiger partial charge in [-0.2, -0.15) is 0 Å². The summed E-state index contributed by atoms with van der Waals surface area (Å²) >= 11 is 0. The van der Waals surface area contributed by atoms with Crippen molar-refractivity contribution in [1.82, 2.24) is 0 Å². The molecule has 10 heteroatoms. The van der Waals surface area contributed by atoms with Crippen LogP contribution in [0.1, 0.15) is 168 Å². The summed E-state index contributed by atoms with van der Waals surface area (Å²) in [5, 5.41) is 0. The Labute approximate surface area is 349 Å². The monoisotopic (exact) mass is 839 g/mol. The van der Waals surface area contributed by atoms with Gasteiger partial charge in [0, 0.05) is 18.1 Å². The zero-order valence-corrected chi connectivity index (χ0v) is 41.5. The van der Waals surface area contributed by atoms with Crippen molar-refractivity contribution in [2.75, 3.05) is 0 Å². The summed E-state index contributed by atoms with van der Waals surface area (Å²) in [6.45, 7) is 24.9. The lowest BCUT2D eigenvalue weighted by Gasteiger charge is -2.41. The van der Waals surface area contributed by atoms with Crippen LogP contribution in [-0.4, -0.2) is 79.8 Å². The van der Waals surface area contributed by atoms with Gasteiger partial charge in [-0.25, -0.2) is 4.79 Å². The fourth-order valence-corrected chi connectivity index (χ4v) is 12.6. The number of ether oxygens (including phenoxy) is 3. The van der Waals surface area contributed by atoms with Gasteiger partial charge in [-0.3, -0.25) is 0 Å². The predicted molar refractivity (Wildman–Crippen MR) is 242 cm³/mol. The molecule has 2 fully saturated rings. The zero-order chi connectivity index (χ0) is 41.2. The number of esters is 1. The highest BCUT2D eigenvalue weighted by atomic mass is 28.4. The van der Waals surface area contributed by atoms with Crippen molar-refractivity contribution in [2.24, 2.45) is 0 Å². The van der Waals surface area contributed by atoms with Gasteiger partial charge in [0.1, 0.15) is 6.10 Å². The second kappa shape index (κ2) is 25.4. The van der Waals surface area contributed by atoms with Crippen LogP contribution in [0, 0.1) is 0 Å². The second-order valence-electron chi connectivity index (χ2n) is 20.6. The minimum Gasteiger partial charge on any atom is -0.455 e. The topological polar surface area (TPSA) is 72.5 Å². The van der Waals surface area contributed by atoms with E-state index in [1.807, 2.05) is 13.0 Å². The Balaban J connectivity index is 1.37. The summed E-state index contributed by atoms with van der Waals surface area (Å²) in [5.74, 6) is -0.159. The molecular formula is C46H90O7Si3. The van der Waals surface area contributed by atoms with E-state index in [4.69, 9.17) is 27.5 Å². The number of hydrogen-bond donors (Lipinski definition) is 0. The highest BCUT2D eigenvalue weighted by Crippen LogP contribution is 2.37. The molecule has 0 aromatic heterocycles. The van der Waals surface area contributed by atoms with E-state index in [2.05, 4.69) is 65.8 Å². The molecule has 3 rings (SSSR count). The van der Waals surface area contributed by atoms with Crippen molar-refractivity contribution < 1.29 is 32.3 Å². The molecule has 328 valence electrons. The highest BCUT2D eigenvalue weighted by Gasteiger charge is 2.42. The van der Waals surface area contributed by atoms with Crippen molar-refractivity contribution in [3.63, 3.8) is 0 Å². The summed E-state index contributed by atoms with van der Waals surface area (Å²) in [5.41, 5.74) is 0.801. The SMILES string of the molecule is CCCCCCCCCC[C@@H]1O[C@H]([C@H]2CC[C@H]([C@@H](CCCCCCCCCC[C@H](CC3=C[C@H](C)OC3=O)O[Si](C)(C)C)O[Si](C)(C)C)O2)CC[C@H]1O[Si](C)(C)C. The molecule has 0 N–H and O–H groups in total. The van der Waals surface area contributed by atoms with Crippen LogP contribution in [0.2, 0.25) is 58.9 Å². The molecule has 2 saturated heterocycles. The fourth-order valence-electron chi connectivity index (χ4n) is 9.01. The predicted octanol–water partition coefficient (Wildman–Crippen LogP) is 13.4. The Morgan fingerprint density at radius 1 is 0.643 bits per heavy atom. The molecule has 7 nitrogen and oxygen atoms in total. The van der Waals surface area contributed by atoms with Crippen LogP contribution >= 0.6 is 0 Å². The molecule has 0 unspecified atom stereocenters. The van der Waals surface area contributed by atoms with Gasteiger partial charge in [0.15, 0.2) is 25.0 Å². The number of unbranched alkanes of at least 4 members (excludes halogenated alkanes) is 14. The molecule has 0 spiro atoms. The Morgan fingerprint density at radius 3 is 1.73 bits per heavy atom. The van der Waals surface area contributed by atoms with E-state index in [-0.39, 0.29) is 54.8 Å². The normalized spacial score (nSPS) is 26.1. The molecule has 3 aliphatic heterocycles. The standard InChI is InChI=1S/C46H90O7Si3/c1-12-13-14-15-16-20-23-26-29-40-45(53-56(9,10)11)34-33-42(49-40)41-31-32-43(50-41)44(52-55(6,7)8)30-27-24-21-18-17-19-22-25-28-39(51-54(3,4)5)36-38-35-37(2)48-46(38)47/h35,37,39-45H,12-34,36H2,1-11H3/t37-,39+,40-,41+,42-,43+,44+,45+/m0/s1. The maximum absolute atomic E-state index is 12.2. The van der Waals surface area contributed by atoms with Crippen molar-refractivity contribution >= 4 is 30.9 Å². The summed E-state index contributed by atoms with van der Waals surface area (Å²) < 4.78 is 39.3. The molecule has 3 heterocycles. The van der Waals surface area contributed by atoms with Gasteiger partial charge >= 0.3 is 5.97 Å². The molecule has 0 amide bonds. The van der Waals surface area contributed by atoms with E-state index in [0.717, 1.165) is 56.9 Å². The lowest BCUT2D eigenvalue weighted by atomic mass is 9.93. The molecule has 0 radical (unpaired) electrons. The number of rotatable bonds is 30. The molecule has 0 aliphatic carbocycles. The molecule has 0 aromatic carbocycles. The lowest BCUT2D eigenvalue weighted by molar-refractivity contribution is -0.164. The van der Waals surface area contributed by atoms with Gasteiger partial charge in [0.25, 0.3) is 0 Å². The van der Waals surface area contributed by atoms with Gasteiger partial charge in [0.2, 0.25) is 0 Å². The van der Waals surface area contributed by atoms with Gasteiger partial charge in [-0.05, 0) is 117 Å². The first-order chi connectivity index (χ1) is 26.4. The minimum atomic E-state index is -1.71. The first-order valence-corrected chi connectivity index (χ1v) is 33.9. The lowest BCUT2D eigenvalue weighted by Crippen LogP contribution is -2.48. The summed E-state index contributed by atoms with van der Waals surface area (Å²) in [7, 11) is -5.06. The molecule has 56 heavy (non-hydrogen) atoms. The molecule has 8 atom stereocenters. The van der Waals surface area contributed by atoms with Gasteiger partial charge in [0.05, 0.1) is 36.6 Å². The van der Waals surface area contributed by atoms with Crippen LogP contribution in [0.15, 0.2) is 11.6 Å². The fraction of sp³-hybridized carbons (Fsp3) is 0.935. The maximum Gasteiger partial charge on any atom is 0.334 e. The first-order valence-electron chi connectivity index (χ1n) is 23.7. The van der Waals surface area contributed by atoms with Crippen LogP contribution < -0.4 is 0 Å². The minimum absolute atomic E-state index is 0.111. The molecule has 3 aliphatic rings. The van der Waals surface area contributed by atoms with Gasteiger partial charge < -0.3 is 27.5 Å². The first kappa shape index (κ1) is 50.0. The number of cyclic esters (lactones) is 1. The van der Waals surface area contributed by atoms with Crippen molar-refractivity contribution in [3.05, 3.63) is 11.6 Å². The zero-order valence-electron chi connectivity index (χ0n) is 38.5. The van der Waals surface area contributed by atoms with Crippen molar-refractivity contribution in [2.45, 2.75) is 276 Å². The second-order valence-corrected chi connectivity index (χ2v) is 34.0. The van der Waals surface area contributed by atoms with Crippen LogP contribution in [-0.2, 0) is 32.3 Å². The Hall–Kier alpha value is -0.339. The number of carbonyl (C=O) groups excluding carboxylic acids is 1. The Morgan fingerprint density at radius 2 is 1.18 bits per heavy atom. The number of hydrogen-bond acceptors (Lipinski definition) is 7. The van der Waals surface area contributed by atoms with E-state index >= 15 is 0 Å². The van der Waals surface area contributed by atoms with Crippen LogP contribution in [0.3, 0.4) is 0 Å². The smallest absolute Gasteiger partial charge is 0.334 e. The quantitative estimate of drug-likeness (QED) is 0.0405.